The standard InChI is InChI=1S/C23H22N2O2/c1-2-18-10-14-22(15-11-18)27-17-23(26)25-24-16-19-8-12-21(13-9-19)20-6-4-3-5-7-20/h3-16H,2,17H2,1H3,(H,25,26). The van der Waals surface area contributed by atoms with Crippen molar-refractivity contribution in [3.8, 4) is 16.9 Å². The fraction of sp³-hybridized carbons (Fsp3) is 0.130. The summed E-state index contributed by atoms with van der Waals surface area (Å²) in [5, 5.41) is 3.98. The first-order valence-corrected chi connectivity index (χ1v) is 8.94. The molecule has 0 heterocycles. The lowest BCUT2D eigenvalue weighted by molar-refractivity contribution is -0.123. The molecule has 0 spiro atoms. The molecule has 3 aromatic carbocycles. The van der Waals surface area contributed by atoms with Crippen molar-refractivity contribution < 1.29 is 9.53 Å². The Bertz CT molecular complexity index is 886. The number of rotatable bonds is 7. The molecule has 0 bridgehead atoms. The van der Waals surface area contributed by atoms with Gasteiger partial charge in [0, 0.05) is 0 Å². The van der Waals surface area contributed by atoms with Gasteiger partial charge in [-0.3, -0.25) is 4.79 Å². The molecule has 0 saturated carbocycles. The van der Waals surface area contributed by atoms with Gasteiger partial charge in [0.1, 0.15) is 5.75 Å². The van der Waals surface area contributed by atoms with Crippen molar-refractivity contribution in [1.29, 1.82) is 0 Å². The first-order valence-electron chi connectivity index (χ1n) is 8.94. The normalized spacial score (nSPS) is 10.7. The van der Waals surface area contributed by atoms with E-state index >= 15 is 0 Å². The van der Waals surface area contributed by atoms with Crippen molar-refractivity contribution in [3.05, 3.63) is 90.0 Å². The van der Waals surface area contributed by atoms with Crippen LogP contribution in [0.3, 0.4) is 0 Å². The number of amides is 1. The lowest BCUT2D eigenvalue weighted by Gasteiger charge is -2.05. The van der Waals surface area contributed by atoms with Gasteiger partial charge in [-0.25, -0.2) is 5.43 Å². The highest BCUT2D eigenvalue weighted by Gasteiger charge is 2.01. The minimum absolute atomic E-state index is 0.0737. The van der Waals surface area contributed by atoms with Gasteiger partial charge in [-0.1, -0.05) is 73.7 Å². The second kappa shape index (κ2) is 9.34. The van der Waals surface area contributed by atoms with Crippen LogP contribution in [0.5, 0.6) is 5.75 Å². The molecule has 3 rings (SSSR count). The van der Waals surface area contributed by atoms with E-state index in [1.807, 2.05) is 66.7 Å². The number of nitrogens with zero attached hydrogens (tertiary/aromatic N) is 1. The highest BCUT2D eigenvalue weighted by Crippen LogP contribution is 2.18. The van der Waals surface area contributed by atoms with Crippen LogP contribution in [0.4, 0.5) is 0 Å². The van der Waals surface area contributed by atoms with Gasteiger partial charge < -0.3 is 4.74 Å². The molecule has 0 aromatic heterocycles. The fourth-order valence-electron chi connectivity index (χ4n) is 2.57. The molecule has 1 amide bonds. The molecule has 0 aliphatic rings. The summed E-state index contributed by atoms with van der Waals surface area (Å²) in [7, 11) is 0. The summed E-state index contributed by atoms with van der Waals surface area (Å²) in [6, 6.07) is 25.9. The quantitative estimate of drug-likeness (QED) is 0.501. The zero-order valence-corrected chi connectivity index (χ0v) is 15.3. The summed E-state index contributed by atoms with van der Waals surface area (Å²) in [5.74, 6) is 0.370. The minimum Gasteiger partial charge on any atom is -0.484 e. The van der Waals surface area contributed by atoms with E-state index in [1.165, 1.54) is 11.1 Å². The van der Waals surface area contributed by atoms with Crippen LogP contribution >= 0.6 is 0 Å². The average molecular weight is 358 g/mol. The molecule has 0 aliphatic carbocycles. The Kier molecular flexibility index (Phi) is 6.36. The predicted octanol–water partition coefficient (Wildman–Crippen LogP) is 4.45. The third kappa shape index (κ3) is 5.54. The van der Waals surface area contributed by atoms with Crippen molar-refractivity contribution in [1.82, 2.24) is 5.43 Å². The summed E-state index contributed by atoms with van der Waals surface area (Å²) in [4.78, 5) is 11.8. The first kappa shape index (κ1) is 18.4. The summed E-state index contributed by atoms with van der Waals surface area (Å²) >= 11 is 0. The summed E-state index contributed by atoms with van der Waals surface area (Å²) in [6.45, 7) is 2.02. The second-order valence-corrected chi connectivity index (χ2v) is 6.07. The lowest BCUT2D eigenvalue weighted by Crippen LogP contribution is -2.24. The number of aryl methyl sites for hydroxylation is 1. The van der Waals surface area contributed by atoms with Gasteiger partial charge in [-0.2, -0.15) is 5.10 Å². The Morgan fingerprint density at radius 3 is 2.26 bits per heavy atom. The third-order valence-corrected chi connectivity index (χ3v) is 4.12. The molecule has 0 unspecified atom stereocenters. The number of ether oxygens (including phenoxy) is 1. The maximum atomic E-state index is 11.8. The fourth-order valence-corrected chi connectivity index (χ4v) is 2.57. The van der Waals surface area contributed by atoms with Crippen molar-refractivity contribution >= 4 is 12.1 Å². The van der Waals surface area contributed by atoms with E-state index < -0.39 is 0 Å². The van der Waals surface area contributed by atoms with E-state index in [-0.39, 0.29) is 12.5 Å². The number of benzene rings is 3. The molecule has 136 valence electrons. The summed E-state index contributed by atoms with van der Waals surface area (Å²) in [6.07, 6.45) is 2.59. The van der Waals surface area contributed by atoms with Gasteiger partial charge >= 0.3 is 0 Å². The van der Waals surface area contributed by atoms with Crippen LogP contribution in [0.2, 0.25) is 0 Å². The maximum Gasteiger partial charge on any atom is 0.277 e. The number of hydrazone groups is 1. The van der Waals surface area contributed by atoms with Crippen LogP contribution in [0, 0.1) is 0 Å². The Balaban J connectivity index is 1.47. The van der Waals surface area contributed by atoms with Crippen molar-refractivity contribution in [2.24, 2.45) is 5.10 Å². The smallest absolute Gasteiger partial charge is 0.277 e. The molecule has 3 aromatic rings. The Hall–Kier alpha value is -3.40. The van der Waals surface area contributed by atoms with E-state index in [2.05, 4.69) is 29.6 Å². The van der Waals surface area contributed by atoms with E-state index in [4.69, 9.17) is 4.74 Å². The molecule has 0 atom stereocenters. The van der Waals surface area contributed by atoms with E-state index in [1.54, 1.807) is 6.21 Å². The highest BCUT2D eigenvalue weighted by atomic mass is 16.5. The van der Waals surface area contributed by atoms with Crippen LogP contribution in [0.1, 0.15) is 18.1 Å². The largest absolute Gasteiger partial charge is 0.484 e. The Labute approximate surface area is 159 Å². The molecule has 4 heteroatoms. The van der Waals surface area contributed by atoms with E-state index in [0.29, 0.717) is 5.75 Å². The van der Waals surface area contributed by atoms with Gasteiger partial charge in [0.2, 0.25) is 0 Å². The van der Waals surface area contributed by atoms with Crippen LogP contribution in [0.15, 0.2) is 84.0 Å². The van der Waals surface area contributed by atoms with Crippen LogP contribution in [-0.4, -0.2) is 18.7 Å². The zero-order chi connectivity index (χ0) is 18.9. The van der Waals surface area contributed by atoms with Crippen molar-refractivity contribution in [2.75, 3.05) is 6.61 Å². The van der Waals surface area contributed by atoms with Gasteiger partial charge in [0.25, 0.3) is 5.91 Å². The highest BCUT2D eigenvalue weighted by molar-refractivity contribution is 5.83. The van der Waals surface area contributed by atoms with Crippen LogP contribution in [0.25, 0.3) is 11.1 Å². The molecule has 1 N–H and O–H groups in total. The zero-order valence-electron chi connectivity index (χ0n) is 15.3. The van der Waals surface area contributed by atoms with Gasteiger partial charge in [-0.15, -0.1) is 0 Å². The number of hydrogen-bond donors (Lipinski definition) is 1. The molecule has 0 radical (unpaired) electrons. The Morgan fingerprint density at radius 2 is 1.59 bits per heavy atom. The second-order valence-electron chi connectivity index (χ2n) is 6.07. The SMILES string of the molecule is CCc1ccc(OCC(=O)NN=Cc2ccc(-c3ccccc3)cc2)cc1. The van der Waals surface area contributed by atoms with Gasteiger partial charge in [-0.05, 0) is 40.8 Å². The van der Waals surface area contributed by atoms with E-state index in [9.17, 15) is 4.79 Å². The summed E-state index contributed by atoms with van der Waals surface area (Å²) < 4.78 is 5.45. The lowest BCUT2D eigenvalue weighted by atomic mass is 10.0. The molecule has 4 nitrogen and oxygen atoms in total. The average Bonchev–Trinajstić information content (AvgIpc) is 2.74. The topological polar surface area (TPSA) is 50.7 Å². The molecular weight excluding hydrogens is 336 g/mol. The van der Waals surface area contributed by atoms with E-state index in [0.717, 1.165) is 17.5 Å². The molecule has 0 aliphatic heterocycles. The molecule has 27 heavy (non-hydrogen) atoms. The number of carbonyl (C=O) groups is 1. The van der Waals surface area contributed by atoms with Crippen LogP contribution in [-0.2, 0) is 11.2 Å². The minimum atomic E-state index is -0.299. The third-order valence-electron chi connectivity index (χ3n) is 4.12. The number of carbonyl (C=O) groups excluding carboxylic acids is 1. The summed E-state index contributed by atoms with van der Waals surface area (Å²) in [5.41, 5.74) is 6.92. The molecule has 0 fully saturated rings. The van der Waals surface area contributed by atoms with Crippen molar-refractivity contribution in [3.63, 3.8) is 0 Å². The van der Waals surface area contributed by atoms with Gasteiger partial charge in [0.05, 0.1) is 6.21 Å². The van der Waals surface area contributed by atoms with Gasteiger partial charge in [0.15, 0.2) is 6.61 Å². The molecular formula is C23H22N2O2. The number of hydrogen-bond acceptors (Lipinski definition) is 3. The maximum absolute atomic E-state index is 11.8. The molecule has 0 saturated heterocycles. The first-order chi connectivity index (χ1) is 13.2. The number of nitrogens with one attached hydrogen (secondary N) is 1. The van der Waals surface area contributed by atoms with Crippen LogP contribution < -0.4 is 10.2 Å². The Morgan fingerprint density at radius 1 is 0.926 bits per heavy atom. The van der Waals surface area contributed by atoms with Crippen molar-refractivity contribution in [2.45, 2.75) is 13.3 Å². The monoisotopic (exact) mass is 358 g/mol. The predicted molar refractivity (Wildman–Crippen MR) is 109 cm³/mol.